The lowest BCUT2D eigenvalue weighted by atomic mass is 9.78. The summed E-state index contributed by atoms with van der Waals surface area (Å²) in [6, 6.07) is 0. The third-order valence-electron chi connectivity index (χ3n) is 3.79. The quantitative estimate of drug-likeness (QED) is 0.214. The van der Waals surface area contributed by atoms with E-state index in [1.807, 2.05) is 33.8 Å². The summed E-state index contributed by atoms with van der Waals surface area (Å²) in [5.74, 6) is 0. The zero-order valence-corrected chi connectivity index (χ0v) is 17.5. The van der Waals surface area contributed by atoms with Gasteiger partial charge in [0.05, 0.1) is 0 Å². The van der Waals surface area contributed by atoms with E-state index in [-0.39, 0.29) is 5.41 Å². The molecule has 0 unspecified atom stereocenters. The van der Waals surface area contributed by atoms with E-state index in [1.54, 1.807) is 0 Å². The minimum absolute atomic E-state index is 0.268. The van der Waals surface area contributed by atoms with Gasteiger partial charge in [0.2, 0.25) is 0 Å². The monoisotopic (exact) mass is 320 g/mol. The standard InChI is InChI=1S/C19H32.2C2H6/c1-7-10-11-16-19(5,6)17(4)14-15-18(12-8-2)13-9-3;2*1-2/h8-9,12-13H,2,4,7,10-11,14-16H2,1,3,5-6H3;2*1-2H3/b13-9-,18-12+;;. The normalized spacial score (nSPS) is 11.2. The Labute approximate surface area is 148 Å². The molecule has 0 spiro atoms. The van der Waals surface area contributed by atoms with Gasteiger partial charge in [0.15, 0.2) is 0 Å². The number of unbranched alkanes of at least 4 members (excludes halogenated alkanes) is 2. The van der Waals surface area contributed by atoms with Gasteiger partial charge in [-0.05, 0) is 37.2 Å². The van der Waals surface area contributed by atoms with Crippen LogP contribution in [0.2, 0.25) is 0 Å². The zero-order chi connectivity index (χ0) is 18.7. The molecule has 0 heterocycles. The molecule has 0 saturated carbocycles. The lowest BCUT2D eigenvalue weighted by Crippen LogP contribution is -2.14. The van der Waals surface area contributed by atoms with Crippen molar-refractivity contribution in [3.8, 4) is 0 Å². The van der Waals surface area contributed by atoms with Crippen molar-refractivity contribution in [2.24, 2.45) is 5.41 Å². The fourth-order valence-electron chi connectivity index (χ4n) is 2.22. The van der Waals surface area contributed by atoms with Crippen LogP contribution >= 0.6 is 0 Å². The second-order valence-corrected chi connectivity index (χ2v) is 5.92. The molecule has 0 amide bonds. The summed E-state index contributed by atoms with van der Waals surface area (Å²) in [6.45, 7) is 25.1. The molecular formula is C23H44. The molecule has 0 atom stereocenters. The molecule has 0 rings (SSSR count). The van der Waals surface area contributed by atoms with Crippen molar-refractivity contribution in [1.82, 2.24) is 0 Å². The summed E-state index contributed by atoms with van der Waals surface area (Å²) in [5, 5.41) is 0. The Bertz CT molecular complexity index is 326. The maximum absolute atomic E-state index is 4.32. The van der Waals surface area contributed by atoms with Crippen LogP contribution in [-0.2, 0) is 0 Å². The van der Waals surface area contributed by atoms with Gasteiger partial charge in [-0.3, -0.25) is 0 Å². The molecule has 23 heavy (non-hydrogen) atoms. The molecule has 136 valence electrons. The predicted octanol–water partition coefficient (Wildman–Crippen LogP) is 8.67. The lowest BCUT2D eigenvalue weighted by molar-refractivity contribution is 0.376. The average Bonchev–Trinajstić information content (AvgIpc) is 2.56. The highest BCUT2D eigenvalue weighted by atomic mass is 14.3. The van der Waals surface area contributed by atoms with Gasteiger partial charge in [0.25, 0.3) is 0 Å². The van der Waals surface area contributed by atoms with Crippen LogP contribution in [-0.4, -0.2) is 0 Å². The fraction of sp³-hybridized carbons (Fsp3) is 0.652. The minimum atomic E-state index is 0.268. The van der Waals surface area contributed by atoms with Crippen LogP contribution in [0.4, 0.5) is 0 Å². The molecule has 0 fully saturated rings. The zero-order valence-electron chi connectivity index (χ0n) is 17.5. The van der Waals surface area contributed by atoms with Crippen LogP contribution in [0.3, 0.4) is 0 Å². The van der Waals surface area contributed by atoms with Gasteiger partial charge in [-0.1, -0.05) is 111 Å². The van der Waals surface area contributed by atoms with E-state index in [9.17, 15) is 0 Å². The van der Waals surface area contributed by atoms with Crippen LogP contribution in [0, 0.1) is 5.41 Å². The highest BCUT2D eigenvalue weighted by Gasteiger charge is 2.20. The van der Waals surface area contributed by atoms with Gasteiger partial charge in [-0.25, -0.2) is 0 Å². The van der Waals surface area contributed by atoms with Gasteiger partial charge in [0, 0.05) is 0 Å². The Morgan fingerprint density at radius 1 is 1.00 bits per heavy atom. The molecule has 0 aromatic heterocycles. The first kappa shape index (κ1) is 26.8. The van der Waals surface area contributed by atoms with Gasteiger partial charge in [-0.2, -0.15) is 0 Å². The van der Waals surface area contributed by atoms with Gasteiger partial charge in [-0.15, -0.1) is 0 Å². The number of rotatable bonds is 10. The third-order valence-corrected chi connectivity index (χ3v) is 3.79. The number of hydrogen-bond donors (Lipinski definition) is 0. The predicted molar refractivity (Wildman–Crippen MR) is 112 cm³/mol. The van der Waals surface area contributed by atoms with Crippen molar-refractivity contribution < 1.29 is 0 Å². The molecule has 0 aliphatic rings. The Balaban J connectivity index is -0.000000919. The van der Waals surface area contributed by atoms with E-state index >= 15 is 0 Å². The first-order valence-electron chi connectivity index (χ1n) is 9.60. The SMILES string of the molecule is C=C/C=C(\C=C/C)CCC(=C)C(C)(C)CCCCC.CC.CC. The van der Waals surface area contributed by atoms with Crippen LogP contribution in [0.25, 0.3) is 0 Å². The number of hydrogen-bond acceptors (Lipinski definition) is 0. The summed E-state index contributed by atoms with van der Waals surface area (Å²) >= 11 is 0. The molecule has 0 nitrogen and oxygen atoms in total. The topological polar surface area (TPSA) is 0 Å². The molecule has 0 saturated heterocycles. The molecule has 0 aromatic rings. The largest absolute Gasteiger partial charge is 0.0993 e. The van der Waals surface area contributed by atoms with Crippen molar-refractivity contribution in [1.29, 1.82) is 0 Å². The van der Waals surface area contributed by atoms with E-state index in [2.05, 4.69) is 59.1 Å². The Morgan fingerprint density at radius 2 is 1.57 bits per heavy atom. The number of allylic oxidation sites excluding steroid dienone is 6. The summed E-state index contributed by atoms with van der Waals surface area (Å²) in [7, 11) is 0. The van der Waals surface area contributed by atoms with Crippen LogP contribution in [0.15, 0.2) is 48.6 Å². The van der Waals surface area contributed by atoms with Crippen molar-refractivity contribution in [2.45, 2.75) is 93.9 Å². The van der Waals surface area contributed by atoms with E-state index < -0.39 is 0 Å². The highest BCUT2D eigenvalue weighted by Crippen LogP contribution is 2.34. The molecule has 0 heteroatoms. The van der Waals surface area contributed by atoms with Crippen molar-refractivity contribution in [3.05, 3.63) is 48.6 Å². The summed E-state index contributed by atoms with van der Waals surface area (Å²) in [5.41, 5.74) is 2.98. The highest BCUT2D eigenvalue weighted by molar-refractivity contribution is 5.24. The van der Waals surface area contributed by atoms with Gasteiger partial charge in [0.1, 0.15) is 0 Å². The lowest BCUT2D eigenvalue weighted by Gasteiger charge is -2.27. The van der Waals surface area contributed by atoms with Crippen molar-refractivity contribution in [2.75, 3.05) is 0 Å². The molecule has 0 N–H and O–H groups in total. The van der Waals surface area contributed by atoms with Gasteiger partial charge >= 0.3 is 0 Å². The van der Waals surface area contributed by atoms with E-state index in [0.717, 1.165) is 12.8 Å². The third kappa shape index (κ3) is 15.6. The maximum atomic E-state index is 4.32. The molecule has 0 radical (unpaired) electrons. The summed E-state index contributed by atoms with van der Waals surface area (Å²) in [6.07, 6.45) is 15.5. The van der Waals surface area contributed by atoms with Crippen molar-refractivity contribution >= 4 is 0 Å². The van der Waals surface area contributed by atoms with Crippen LogP contribution in [0.1, 0.15) is 93.9 Å². The molecular weight excluding hydrogens is 276 g/mol. The van der Waals surface area contributed by atoms with E-state index in [4.69, 9.17) is 0 Å². The van der Waals surface area contributed by atoms with E-state index in [0.29, 0.717) is 0 Å². The Morgan fingerprint density at radius 3 is 2.00 bits per heavy atom. The Kier molecular flexibility index (Phi) is 22.2. The summed E-state index contributed by atoms with van der Waals surface area (Å²) in [4.78, 5) is 0. The first-order valence-corrected chi connectivity index (χ1v) is 9.60. The van der Waals surface area contributed by atoms with Crippen LogP contribution < -0.4 is 0 Å². The second-order valence-electron chi connectivity index (χ2n) is 5.92. The molecule has 0 bridgehead atoms. The van der Waals surface area contributed by atoms with E-state index in [1.165, 1.54) is 36.8 Å². The fourth-order valence-corrected chi connectivity index (χ4v) is 2.22. The molecule has 0 aliphatic carbocycles. The first-order chi connectivity index (χ1) is 11.0. The average molecular weight is 321 g/mol. The maximum Gasteiger partial charge on any atom is -0.0147 e. The Hall–Kier alpha value is -1.04. The minimum Gasteiger partial charge on any atom is -0.0993 e. The van der Waals surface area contributed by atoms with Gasteiger partial charge < -0.3 is 0 Å². The molecule has 0 aromatic carbocycles. The van der Waals surface area contributed by atoms with Crippen molar-refractivity contribution in [3.63, 3.8) is 0 Å². The molecule has 0 aliphatic heterocycles. The summed E-state index contributed by atoms with van der Waals surface area (Å²) < 4.78 is 0. The smallest absolute Gasteiger partial charge is 0.0147 e. The second kappa shape index (κ2) is 19.0. The van der Waals surface area contributed by atoms with Crippen LogP contribution in [0.5, 0.6) is 0 Å².